The Morgan fingerprint density at radius 3 is 2.24 bits per heavy atom. The molecule has 1 aromatic heterocycles. The number of hydrogen-bond donors (Lipinski definition) is 2. The lowest BCUT2D eigenvalue weighted by atomic mass is 10.1. The molecular weight excluding hydrogens is 320 g/mol. The molecule has 0 unspecified atom stereocenters. The van der Waals surface area contributed by atoms with E-state index in [1.165, 1.54) is 0 Å². The van der Waals surface area contributed by atoms with Gasteiger partial charge in [-0.2, -0.15) is 0 Å². The lowest BCUT2D eigenvalue weighted by Gasteiger charge is -2.07. The van der Waals surface area contributed by atoms with Gasteiger partial charge in [0.2, 0.25) is 17.6 Å². The van der Waals surface area contributed by atoms with E-state index in [1.54, 1.807) is 6.92 Å². The normalized spacial score (nSPS) is 10.3. The summed E-state index contributed by atoms with van der Waals surface area (Å²) in [6.07, 6.45) is 1.76. The third-order valence-electron chi connectivity index (χ3n) is 3.45. The fourth-order valence-corrected chi connectivity index (χ4v) is 2.04. The van der Waals surface area contributed by atoms with Crippen LogP contribution in [0.1, 0.15) is 37.6 Å². The number of aromatic nitrogens is 4. The Labute approximate surface area is 146 Å². The van der Waals surface area contributed by atoms with Crippen molar-refractivity contribution in [2.45, 2.75) is 39.7 Å². The minimum absolute atomic E-state index is 0.156. The van der Waals surface area contributed by atoms with Crippen LogP contribution in [0.5, 0.6) is 0 Å². The van der Waals surface area contributed by atoms with Gasteiger partial charge in [0.25, 0.3) is 0 Å². The smallest absolute Gasteiger partial charge is 0.229 e. The van der Waals surface area contributed by atoms with Gasteiger partial charge in [0.1, 0.15) is 6.42 Å². The van der Waals surface area contributed by atoms with E-state index >= 15 is 0 Å². The summed E-state index contributed by atoms with van der Waals surface area (Å²) in [4.78, 5) is 23.3. The van der Waals surface area contributed by atoms with Crippen LogP contribution in [0.4, 0.5) is 0 Å². The highest BCUT2D eigenvalue weighted by atomic mass is 16.2. The van der Waals surface area contributed by atoms with E-state index in [1.807, 2.05) is 31.2 Å². The van der Waals surface area contributed by atoms with Crippen LogP contribution >= 0.6 is 0 Å². The minimum atomic E-state index is -0.298. The average Bonchev–Trinajstić information content (AvgIpc) is 2.61. The van der Waals surface area contributed by atoms with E-state index in [0.717, 1.165) is 24.0 Å². The summed E-state index contributed by atoms with van der Waals surface area (Å²) in [5, 5.41) is 21.2. The summed E-state index contributed by atoms with van der Waals surface area (Å²) in [5.74, 6) is 0.415. The third-order valence-corrected chi connectivity index (χ3v) is 3.45. The van der Waals surface area contributed by atoms with Gasteiger partial charge in [-0.3, -0.25) is 9.59 Å². The molecule has 1 heterocycles. The van der Waals surface area contributed by atoms with Crippen molar-refractivity contribution in [1.29, 1.82) is 0 Å². The molecule has 0 spiro atoms. The number of aryl methyl sites for hydroxylation is 1. The fraction of sp³-hybridized carbons (Fsp3) is 0.412. The van der Waals surface area contributed by atoms with Gasteiger partial charge < -0.3 is 10.6 Å². The van der Waals surface area contributed by atoms with Crippen LogP contribution in [0.2, 0.25) is 0 Å². The van der Waals surface area contributed by atoms with E-state index in [-0.39, 0.29) is 18.2 Å². The Kier molecular flexibility index (Phi) is 6.94. The lowest BCUT2D eigenvalue weighted by molar-refractivity contribution is -0.129. The molecule has 8 nitrogen and oxygen atoms in total. The van der Waals surface area contributed by atoms with Gasteiger partial charge in [0, 0.05) is 18.7 Å². The molecule has 2 aromatic rings. The van der Waals surface area contributed by atoms with Crippen molar-refractivity contribution in [1.82, 2.24) is 31.0 Å². The molecule has 2 rings (SSSR count). The topological polar surface area (TPSA) is 110 Å². The second-order valence-electron chi connectivity index (χ2n) is 5.62. The molecule has 25 heavy (non-hydrogen) atoms. The molecule has 2 N–H and O–H groups in total. The number of benzene rings is 1. The quantitative estimate of drug-likeness (QED) is 0.550. The van der Waals surface area contributed by atoms with Crippen molar-refractivity contribution < 1.29 is 9.59 Å². The highest BCUT2D eigenvalue weighted by molar-refractivity contribution is 5.96. The molecule has 8 heteroatoms. The first kappa shape index (κ1) is 18.4. The first-order chi connectivity index (χ1) is 12.1. The Morgan fingerprint density at radius 2 is 1.60 bits per heavy atom. The Bertz CT molecular complexity index is 700. The minimum Gasteiger partial charge on any atom is -0.356 e. The second kappa shape index (κ2) is 9.41. The zero-order valence-corrected chi connectivity index (χ0v) is 14.5. The molecule has 0 aliphatic rings. The first-order valence-corrected chi connectivity index (χ1v) is 8.25. The molecule has 132 valence electrons. The van der Waals surface area contributed by atoms with E-state index in [9.17, 15) is 9.59 Å². The summed E-state index contributed by atoms with van der Waals surface area (Å²) < 4.78 is 0. The van der Waals surface area contributed by atoms with E-state index in [4.69, 9.17) is 0 Å². The van der Waals surface area contributed by atoms with Crippen LogP contribution < -0.4 is 10.6 Å². The number of carbonyl (C=O) groups excluding carboxylic acids is 2. The fourth-order valence-electron chi connectivity index (χ4n) is 2.04. The number of carbonyl (C=O) groups is 2. The molecule has 0 fully saturated rings. The molecule has 1 aromatic carbocycles. The maximum atomic E-state index is 11.8. The second-order valence-corrected chi connectivity index (χ2v) is 5.62. The van der Waals surface area contributed by atoms with Crippen molar-refractivity contribution in [2.24, 2.45) is 0 Å². The Hall–Kier alpha value is -2.90. The van der Waals surface area contributed by atoms with Crippen LogP contribution in [0.3, 0.4) is 0 Å². The zero-order chi connectivity index (χ0) is 18.1. The van der Waals surface area contributed by atoms with E-state index < -0.39 is 0 Å². The summed E-state index contributed by atoms with van der Waals surface area (Å²) in [6.45, 7) is 4.73. The summed E-state index contributed by atoms with van der Waals surface area (Å²) in [5.41, 5.74) is 1.71. The maximum absolute atomic E-state index is 11.8. The highest BCUT2D eigenvalue weighted by Gasteiger charge is 2.09. The van der Waals surface area contributed by atoms with Gasteiger partial charge in [-0.1, -0.05) is 37.6 Å². The van der Waals surface area contributed by atoms with Crippen LogP contribution in [0.15, 0.2) is 24.3 Å². The molecule has 0 radical (unpaired) electrons. The molecule has 0 bridgehead atoms. The molecule has 0 aliphatic carbocycles. The largest absolute Gasteiger partial charge is 0.356 e. The molecule has 0 saturated heterocycles. The van der Waals surface area contributed by atoms with E-state index in [2.05, 4.69) is 31.0 Å². The van der Waals surface area contributed by atoms with Crippen LogP contribution in [-0.4, -0.2) is 38.8 Å². The van der Waals surface area contributed by atoms with Gasteiger partial charge in [0.15, 0.2) is 5.82 Å². The molecule has 2 amide bonds. The summed E-state index contributed by atoms with van der Waals surface area (Å²) >= 11 is 0. The monoisotopic (exact) mass is 342 g/mol. The van der Waals surface area contributed by atoms with E-state index in [0.29, 0.717) is 24.7 Å². The standard InChI is InChI=1S/C17H22N6O2/c1-3-4-9-18-15(24)10-16(25)19-11-13-5-7-14(8-6-13)17-22-20-12(2)21-23-17/h5-8H,3-4,9-11H2,1-2H3,(H,18,24)(H,19,25). The number of unbranched alkanes of at least 4 members (excludes halogenated alkanes) is 1. The SMILES string of the molecule is CCCCNC(=O)CC(=O)NCc1ccc(-c2nnc(C)nn2)cc1. The van der Waals surface area contributed by atoms with Crippen molar-refractivity contribution in [3.05, 3.63) is 35.7 Å². The van der Waals surface area contributed by atoms with Crippen molar-refractivity contribution >= 4 is 11.8 Å². The van der Waals surface area contributed by atoms with Crippen molar-refractivity contribution in [3.8, 4) is 11.4 Å². The molecule has 0 atom stereocenters. The van der Waals surface area contributed by atoms with Gasteiger partial charge >= 0.3 is 0 Å². The zero-order valence-electron chi connectivity index (χ0n) is 14.5. The van der Waals surface area contributed by atoms with Gasteiger partial charge in [-0.05, 0) is 18.9 Å². The number of hydrogen-bond acceptors (Lipinski definition) is 6. The summed E-state index contributed by atoms with van der Waals surface area (Å²) in [7, 11) is 0. The Morgan fingerprint density at radius 1 is 0.960 bits per heavy atom. The highest BCUT2D eigenvalue weighted by Crippen LogP contribution is 2.13. The number of nitrogens with one attached hydrogen (secondary N) is 2. The Balaban J connectivity index is 1.80. The lowest BCUT2D eigenvalue weighted by Crippen LogP contribution is -2.32. The summed E-state index contributed by atoms with van der Waals surface area (Å²) in [6, 6.07) is 7.40. The predicted octanol–water partition coefficient (Wildman–Crippen LogP) is 1.16. The molecular formula is C17H22N6O2. The van der Waals surface area contributed by atoms with Gasteiger partial charge in [-0.25, -0.2) is 0 Å². The number of amides is 2. The predicted molar refractivity (Wildman–Crippen MR) is 92.2 cm³/mol. The van der Waals surface area contributed by atoms with Gasteiger partial charge in [-0.15, -0.1) is 20.4 Å². The number of rotatable bonds is 8. The van der Waals surface area contributed by atoms with Crippen LogP contribution in [0.25, 0.3) is 11.4 Å². The first-order valence-electron chi connectivity index (χ1n) is 8.25. The number of nitrogens with zero attached hydrogens (tertiary/aromatic N) is 4. The molecule has 0 aliphatic heterocycles. The molecule has 0 saturated carbocycles. The van der Waals surface area contributed by atoms with Crippen LogP contribution in [0, 0.1) is 6.92 Å². The van der Waals surface area contributed by atoms with Crippen molar-refractivity contribution in [2.75, 3.05) is 6.54 Å². The van der Waals surface area contributed by atoms with Crippen LogP contribution in [-0.2, 0) is 16.1 Å². The average molecular weight is 342 g/mol. The van der Waals surface area contributed by atoms with Crippen molar-refractivity contribution in [3.63, 3.8) is 0 Å². The maximum Gasteiger partial charge on any atom is 0.229 e. The van der Waals surface area contributed by atoms with Gasteiger partial charge in [0.05, 0.1) is 0 Å². The third kappa shape index (κ3) is 6.25.